The number of carbonyl (C=O) groups is 1. The standard InChI is InChI=1S/C14H19N3OS/c1-11-8-12(2)17(15-11)6-4-14(18)16(3)9-13-5-7-19-10-13/h5,7-8,10H,4,6,9H2,1-3H3. The van der Waals surface area contributed by atoms with Crippen LogP contribution >= 0.6 is 11.3 Å². The van der Waals surface area contributed by atoms with Gasteiger partial charge in [0.25, 0.3) is 0 Å². The Labute approximate surface area is 117 Å². The van der Waals surface area contributed by atoms with Gasteiger partial charge >= 0.3 is 0 Å². The average molecular weight is 277 g/mol. The van der Waals surface area contributed by atoms with Crippen molar-refractivity contribution < 1.29 is 4.79 Å². The Morgan fingerprint density at radius 1 is 1.47 bits per heavy atom. The van der Waals surface area contributed by atoms with Crippen LogP contribution in [-0.4, -0.2) is 27.6 Å². The van der Waals surface area contributed by atoms with Gasteiger partial charge in [0, 0.05) is 32.3 Å². The zero-order valence-electron chi connectivity index (χ0n) is 11.6. The lowest BCUT2D eigenvalue weighted by molar-refractivity contribution is -0.130. The Balaban J connectivity index is 1.85. The lowest BCUT2D eigenvalue weighted by atomic mass is 10.3. The van der Waals surface area contributed by atoms with Crippen LogP contribution in [0.3, 0.4) is 0 Å². The average Bonchev–Trinajstić information content (AvgIpc) is 2.96. The number of rotatable bonds is 5. The number of aromatic nitrogens is 2. The second-order valence-corrected chi connectivity index (χ2v) is 5.56. The van der Waals surface area contributed by atoms with Gasteiger partial charge in [0.15, 0.2) is 0 Å². The van der Waals surface area contributed by atoms with E-state index in [4.69, 9.17) is 0 Å². The summed E-state index contributed by atoms with van der Waals surface area (Å²) in [6, 6.07) is 4.08. The monoisotopic (exact) mass is 277 g/mol. The van der Waals surface area contributed by atoms with Gasteiger partial charge < -0.3 is 4.90 Å². The summed E-state index contributed by atoms with van der Waals surface area (Å²) in [4.78, 5) is 13.8. The lowest BCUT2D eigenvalue weighted by Gasteiger charge is -2.16. The molecule has 2 aromatic heterocycles. The third kappa shape index (κ3) is 3.67. The minimum absolute atomic E-state index is 0.152. The second kappa shape index (κ2) is 6.02. The molecule has 19 heavy (non-hydrogen) atoms. The molecule has 1 amide bonds. The number of aryl methyl sites for hydroxylation is 3. The molecule has 0 spiro atoms. The van der Waals surface area contributed by atoms with Gasteiger partial charge in [0.2, 0.25) is 5.91 Å². The maximum atomic E-state index is 12.0. The van der Waals surface area contributed by atoms with E-state index in [-0.39, 0.29) is 5.91 Å². The summed E-state index contributed by atoms with van der Waals surface area (Å²) in [5.74, 6) is 0.152. The van der Waals surface area contributed by atoms with Crippen molar-refractivity contribution in [3.63, 3.8) is 0 Å². The number of hydrogen-bond acceptors (Lipinski definition) is 3. The van der Waals surface area contributed by atoms with Gasteiger partial charge in [0.05, 0.1) is 5.69 Å². The fourth-order valence-corrected chi connectivity index (χ4v) is 2.70. The van der Waals surface area contributed by atoms with Crippen molar-refractivity contribution in [3.8, 4) is 0 Å². The molecule has 0 radical (unpaired) electrons. The zero-order valence-corrected chi connectivity index (χ0v) is 12.4. The first-order valence-electron chi connectivity index (χ1n) is 6.32. The number of amides is 1. The van der Waals surface area contributed by atoms with E-state index >= 15 is 0 Å². The summed E-state index contributed by atoms with van der Waals surface area (Å²) in [6.45, 7) is 5.31. The fourth-order valence-electron chi connectivity index (χ4n) is 2.04. The molecule has 4 nitrogen and oxygen atoms in total. The van der Waals surface area contributed by atoms with E-state index in [0.717, 1.165) is 11.4 Å². The Hall–Kier alpha value is -1.62. The first-order chi connectivity index (χ1) is 9.06. The van der Waals surface area contributed by atoms with Crippen molar-refractivity contribution in [2.24, 2.45) is 0 Å². The predicted octanol–water partition coefficient (Wildman–Crippen LogP) is 2.61. The lowest BCUT2D eigenvalue weighted by Crippen LogP contribution is -2.27. The Morgan fingerprint density at radius 2 is 2.26 bits per heavy atom. The normalized spacial score (nSPS) is 10.7. The molecular formula is C14H19N3OS. The molecule has 102 valence electrons. The minimum atomic E-state index is 0.152. The second-order valence-electron chi connectivity index (χ2n) is 4.78. The molecule has 5 heteroatoms. The maximum Gasteiger partial charge on any atom is 0.224 e. The van der Waals surface area contributed by atoms with Crippen LogP contribution in [0.4, 0.5) is 0 Å². The van der Waals surface area contributed by atoms with Crippen molar-refractivity contribution >= 4 is 17.2 Å². The van der Waals surface area contributed by atoms with Gasteiger partial charge in [-0.2, -0.15) is 16.4 Å². The van der Waals surface area contributed by atoms with Crippen molar-refractivity contribution in [1.29, 1.82) is 0 Å². The van der Waals surface area contributed by atoms with E-state index in [1.807, 2.05) is 37.0 Å². The van der Waals surface area contributed by atoms with Gasteiger partial charge in [-0.15, -0.1) is 0 Å². The smallest absolute Gasteiger partial charge is 0.224 e. The van der Waals surface area contributed by atoms with Crippen molar-refractivity contribution in [2.75, 3.05) is 7.05 Å². The molecule has 2 heterocycles. The summed E-state index contributed by atoms with van der Waals surface area (Å²) in [6.07, 6.45) is 0.489. The SMILES string of the molecule is Cc1cc(C)n(CCC(=O)N(C)Cc2ccsc2)n1. The molecule has 2 aromatic rings. The maximum absolute atomic E-state index is 12.0. The van der Waals surface area contributed by atoms with Crippen LogP contribution in [0.2, 0.25) is 0 Å². The van der Waals surface area contributed by atoms with Gasteiger partial charge in [-0.05, 0) is 42.3 Å². The van der Waals surface area contributed by atoms with E-state index in [2.05, 4.69) is 16.5 Å². The molecule has 0 aliphatic rings. The summed E-state index contributed by atoms with van der Waals surface area (Å²) in [5.41, 5.74) is 3.29. The molecule has 0 bridgehead atoms. The Bertz CT molecular complexity index is 545. The molecule has 0 aromatic carbocycles. The third-order valence-corrected chi connectivity index (χ3v) is 3.80. The quantitative estimate of drug-likeness (QED) is 0.842. The zero-order chi connectivity index (χ0) is 13.8. The van der Waals surface area contributed by atoms with E-state index in [0.29, 0.717) is 19.5 Å². The van der Waals surface area contributed by atoms with Crippen molar-refractivity contribution in [2.45, 2.75) is 33.4 Å². The molecule has 0 fully saturated rings. The molecule has 0 saturated carbocycles. The molecule has 0 N–H and O–H groups in total. The van der Waals surface area contributed by atoms with Crippen LogP contribution in [0.5, 0.6) is 0 Å². The van der Waals surface area contributed by atoms with E-state index in [1.165, 1.54) is 5.56 Å². The van der Waals surface area contributed by atoms with Crippen LogP contribution in [0.25, 0.3) is 0 Å². The van der Waals surface area contributed by atoms with Crippen LogP contribution in [-0.2, 0) is 17.9 Å². The topological polar surface area (TPSA) is 38.1 Å². The molecular weight excluding hydrogens is 258 g/mol. The molecule has 0 unspecified atom stereocenters. The fraction of sp³-hybridized carbons (Fsp3) is 0.429. The van der Waals surface area contributed by atoms with Crippen LogP contribution in [0.15, 0.2) is 22.9 Å². The Kier molecular flexibility index (Phi) is 4.37. The van der Waals surface area contributed by atoms with Gasteiger partial charge in [-0.3, -0.25) is 9.48 Å². The first kappa shape index (κ1) is 13.8. The highest BCUT2D eigenvalue weighted by atomic mass is 32.1. The minimum Gasteiger partial charge on any atom is -0.341 e. The number of hydrogen-bond donors (Lipinski definition) is 0. The number of thiophene rings is 1. The highest BCUT2D eigenvalue weighted by Gasteiger charge is 2.10. The highest BCUT2D eigenvalue weighted by Crippen LogP contribution is 2.10. The molecule has 0 aliphatic heterocycles. The molecule has 2 rings (SSSR count). The van der Waals surface area contributed by atoms with Crippen LogP contribution in [0, 0.1) is 13.8 Å². The Morgan fingerprint density at radius 3 is 2.84 bits per heavy atom. The van der Waals surface area contributed by atoms with E-state index < -0.39 is 0 Å². The van der Waals surface area contributed by atoms with Gasteiger partial charge in [0.1, 0.15) is 0 Å². The van der Waals surface area contributed by atoms with Crippen molar-refractivity contribution in [1.82, 2.24) is 14.7 Å². The summed E-state index contributed by atoms with van der Waals surface area (Å²) < 4.78 is 1.89. The first-order valence-corrected chi connectivity index (χ1v) is 7.26. The number of carbonyl (C=O) groups excluding carboxylic acids is 1. The van der Waals surface area contributed by atoms with Gasteiger partial charge in [-0.1, -0.05) is 0 Å². The van der Waals surface area contributed by atoms with E-state index in [1.54, 1.807) is 16.2 Å². The van der Waals surface area contributed by atoms with E-state index in [9.17, 15) is 4.79 Å². The van der Waals surface area contributed by atoms with Gasteiger partial charge in [-0.25, -0.2) is 0 Å². The van der Waals surface area contributed by atoms with Crippen LogP contribution < -0.4 is 0 Å². The molecule has 0 saturated heterocycles. The summed E-state index contributed by atoms with van der Waals surface area (Å²) in [7, 11) is 1.85. The predicted molar refractivity (Wildman–Crippen MR) is 77.1 cm³/mol. The summed E-state index contributed by atoms with van der Waals surface area (Å²) >= 11 is 1.66. The van der Waals surface area contributed by atoms with Crippen molar-refractivity contribution in [3.05, 3.63) is 39.8 Å². The molecule has 0 atom stereocenters. The largest absolute Gasteiger partial charge is 0.341 e. The van der Waals surface area contributed by atoms with Crippen LogP contribution in [0.1, 0.15) is 23.4 Å². The molecule has 0 aliphatic carbocycles. The number of nitrogens with zero attached hydrogens (tertiary/aromatic N) is 3. The third-order valence-electron chi connectivity index (χ3n) is 3.07. The summed E-state index contributed by atoms with van der Waals surface area (Å²) in [5, 5.41) is 8.47. The highest BCUT2D eigenvalue weighted by molar-refractivity contribution is 7.07.